The number of hydrogen-bond donors (Lipinski definition) is 2. The number of nitrogens with zero attached hydrogens (tertiary/aromatic N) is 1. The second-order valence-corrected chi connectivity index (χ2v) is 4.71. The third-order valence-corrected chi connectivity index (χ3v) is 2.68. The highest BCUT2D eigenvalue weighted by Crippen LogP contribution is 2.29. The molecule has 5 heteroatoms. The molecular formula is C11H16Cl2N2O. The normalized spacial score (nSPS) is 12.9. The van der Waals surface area contributed by atoms with E-state index >= 15 is 0 Å². The Labute approximate surface area is 106 Å². The standard InChI is InChI=1S/C11H16Cl2N2O/c1-15(2)7-8(16)6-14-11-9(12)4-3-5-10(11)13/h3-5,8,14,16H,6-7H2,1-2H3. The molecule has 3 nitrogen and oxygen atoms in total. The van der Waals surface area contributed by atoms with Gasteiger partial charge in [-0.3, -0.25) is 0 Å². The zero-order valence-corrected chi connectivity index (χ0v) is 10.9. The van der Waals surface area contributed by atoms with E-state index in [-0.39, 0.29) is 0 Å². The van der Waals surface area contributed by atoms with Crippen LogP contribution in [0, 0.1) is 0 Å². The molecule has 0 aromatic heterocycles. The molecule has 0 heterocycles. The maximum atomic E-state index is 9.67. The van der Waals surface area contributed by atoms with E-state index in [1.165, 1.54) is 0 Å². The molecule has 0 saturated carbocycles. The first-order chi connectivity index (χ1) is 7.50. The van der Waals surface area contributed by atoms with E-state index in [1.807, 2.05) is 19.0 Å². The van der Waals surface area contributed by atoms with Gasteiger partial charge in [-0.1, -0.05) is 29.3 Å². The number of aliphatic hydroxyl groups is 1. The molecule has 0 bridgehead atoms. The van der Waals surface area contributed by atoms with Crippen molar-refractivity contribution in [2.75, 3.05) is 32.5 Å². The van der Waals surface area contributed by atoms with E-state index in [0.717, 1.165) is 0 Å². The van der Waals surface area contributed by atoms with Gasteiger partial charge in [0.1, 0.15) is 0 Å². The van der Waals surface area contributed by atoms with Crippen LogP contribution in [0.15, 0.2) is 18.2 Å². The van der Waals surface area contributed by atoms with E-state index in [1.54, 1.807) is 18.2 Å². The first-order valence-electron chi connectivity index (χ1n) is 5.01. The Kier molecular flexibility index (Phi) is 5.35. The predicted molar refractivity (Wildman–Crippen MR) is 69.5 cm³/mol. The second-order valence-electron chi connectivity index (χ2n) is 3.89. The molecule has 0 spiro atoms. The SMILES string of the molecule is CN(C)CC(O)CNc1c(Cl)cccc1Cl. The zero-order chi connectivity index (χ0) is 12.1. The van der Waals surface area contributed by atoms with Gasteiger partial charge in [-0.05, 0) is 26.2 Å². The number of halogens is 2. The van der Waals surface area contributed by atoms with Gasteiger partial charge in [-0.15, -0.1) is 0 Å². The third-order valence-electron chi connectivity index (χ3n) is 2.05. The van der Waals surface area contributed by atoms with Crippen LogP contribution in [0.5, 0.6) is 0 Å². The van der Waals surface area contributed by atoms with Crippen LogP contribution in [-0.4, -0.2) is 43.3 Å². The number of anilines is 1. The van der Waals surface area contributed by atoms with Crippen LogP contribution in [0.1, 0.15) is 0 Å². The maximum Gasteiger partial charge on any atom is 0.0838 e. The largest absolute Gasteiger partial charge is 0.390 e. The van der Waals surface area contributed by atoms with Gasteiger partial charge in [0.2, 0.25) is 0 Å². The average Bonchev–Trinajstić information content (AvgIpc) is 2.15. The van der Waals surface area contributed by atoms with Gasteiger partial charge >= 0.3 is 0 Å². The molecule has 0 aliphatic rings. The molecule has 1 atom stereocenters. The summed E-state index contributed by atoms with van der Waals surface area (Å²) in [4.78, 5) is 1.92. The van der Waals surface area contributed by atoms with Crippen LogP contribution in [0.4, 0.5) is 5.69 Å². The van der Waals surface area contributed by atoms with Crippen molar-refractivity contribution in [1.29, 1.82) is 0 Å². The minimum atomic E-state index is -0.456. The van der Waals surface area contributed by atoms with Crippen LogP contribution in [0.25, 0.3) is 0 Å². The summed E-state index contributed by atoms with van der Waals surface area (Å²) in [5.74, 6) is 0. The highest BCUT2D eigenvalue weighted by atomic mass is 35.5. The monoisotopic (exact) mass is 262 g/mol. The molecule has 0 aliphatic heterocycles. The van der Waals surface area contributed by atoms with Crippen LogP contribution in [0.2, 0.25) is 10.0 Å². The molecule has 1 rings (SSSR count). The number of rotatable bonds is 5. The summed E-state index contributed by atoms with van der Waals surface area (Å²) in [5, 5.41) is 13.8. The van der Waals surface area contributed by atoms with Gasteiger partial charge in [0.05, 0.1) is 21.8 Å². The van der Waals surface area contributed by atoms with Crippen molar-refractivity contribution in [3.05, 3.63) is 28.2 Å². The molecule has 2 N–H and O–H groups in total. The second kappa shape index (κ2) is 6.30. The first kappa shape index (κ1) is 13.6. The molecular weight excluding hydrogens is 247 g/mol. The van der Waals surface area contributed by atoms with E-state index < -0.39 is 6.10 Å². The van der Waals surface area contributed by atoms with E-state index in [4.69, 9.17) is 23.2 Å². The third kappa shape index (κ3) is 4.18. The van der Waals surface area contributed by atoms with Crippen LogP contribution in [-0.2, 0) is 0 Å². The predicted octanol–water partition coefficient (Wildman–Crippen LogP) is 2.33. The zero-order valence-electron chi connectivity index (χ0n) is 9.37. The molecule has 0 saturated heterocycles. The van der Waals surface area contributed by atoms with Crippen molar-refractivity contribution >= 4 is 28.9 Å². The molecule has 1 aromatic carbocycles. The number of likely N-dealkylation sites (N-methyl/N-ethyl adjacent to an activating group) is 1. The minimum absolute atomic E-state index is 0.418. The maximum absolute atomic E-state index is 9.67. The summed E-state index contributed by atoms with van der Waals surface area (Å²) >= 11 is 12.0. The number of nitrogens with one attached hydrogen (secondary N) is 1. The summed E-state index contributed by atoms with van der Waals surface area (Å²) in [6.07, 6.45) is -0.456. The molecule has 16 heavy (non-hydrogen) atoms. The van der Waals surface area contributed by atoms with E-state index in [2.05, 4.69) is 5.32 Å². The Morgan fingerprint density at radius 3 is 2.38 bits per heavy atom. The van der Waals surface area contributed by atoms with Crippen LogP contribution in [0.3, 0.4) is 0 Å². The summed E-state index contributed by atoms with van der Waals surface area (Å²) in [7, 11) is 3.82. The number of para-hydroxylation sites is 1. The lowest BCUT2D eigenvalue weighted by Crippen LogP contribution is -2.31. The molecule has 90 valence electrons. The van der Waals surface area contributed by atoms with Crippen molar-refractivity contribution < 1.29 is 5.11 Å². The Balaban J connectivity index is 2.54. The highest BCUT2D eigenvalue weighted by molar-refractivity contribution is 6.39. The topological polar surface area (TPSA) is 35.5 Å². The average molecular weight is 263 g/mol. The highest BCUT2D eigenvalue weighted by Gasteiger charge is 2.08. The smallest absolute Gasteiger partial charge is 0.0838 e. The summed E-state index contributed by atoms with van der Waals surface area (Å²) in [6.45, 7) is 1.01. The summed E-state index contributed by atoms with van der Waals surface area (Å²) in [6, 6.07) is 5.30. The molecule has 0 fully saturated rings. The van der Waals surface area contributed by atoms with Crippen molar-refractivity contribution in [2.24, 2.45) is 0 Å². The Morgan fingerprint density at radius 2 is 1.88 bits per heavy atom. The van der Waals surface area contributed by atoms with Crippen molar-refractivity contribution in [3.63, 3.8) is 0 Å². The molecule has 0 aliphatic carbocycles. The van der Waals surface area contributed by atoms with Crippen molar-refractivity contribution in [2.45, 2.75) is 6.10 Å². The van der Waals surface area contributed by atoms with Gasteiger partial charge in [0, 0.05) is 13.1 Å². The van der Waals surface area contributed by atoms with E-state index in [0.29, 0.717) is 28.8 Å². The van der Waals surface area contributed by atoms with Gasteiger partial charge in [-0.2, -0.15) is 0 Å². The number of benzene rings is 1. The fourth-order valence-electron chi connectivity index (χ4n) is 1.37. The Hall–Kier alpha value is -0.480. The lowest BCUT2D eigenvalue weighted by atomic mass is 10.3. The van der Waals surface area contributed by atoms with E-state index in [9.17, 15) is 5.11 Å². The molecule has 0 radical (unpaired) electrons. The van der Waals surface area contributed by atoms with Crippen LogP contribution < -0.4 is 5.32 Å². The van der Waals surface area contributed by atoms with Gasteiger partial charge in [0.25, 0.3) is 0 Å². The quantitative estimate of drug-likeness (QED) is 0.855. The lowest BCUT2D eigenvalue weighted by Gasteiger charge is -2.18. The molecule has 1 unspecified atom stereocenters. The fourth-order valence-corrected chi connectivity index (χ4v) is 1.90. The lowest BCUT2D eigenvalue weighted by molar-refractivity contribution is 0.148. The first-order valence-corrected chi connectivity index (χ1v) is 5.77. The Bertz CT molecular complexity index is 325. The Morgan fingerprint density at radius 1 is 1.31 bits per heavy atom. The molecule has 1 aromatic rings. The van der Waals surface area contributed by atoms with Crippen LogP contribution >= 0.6 is 23.2 Å². The number of hydrogen-bond acceptors (Lipinski definition) is 3. The van der Waals surface area contributed by atoms with Crippen molar-refractivity contribution in [3.8, 4) is 0 Å². The van der Waals surface area contributed by atoms with Gasteiger partial charge < -0.3 is 15.3 Å². The number of aliphatic hydroxyl groups excluding tert-OH is 1. The fraction of sp³-hybridized carbons (Fsp3) is 0.455. The minimum Gasteiger partial charge on any atom is -0.390 e. The molecule has 0 amide bonds. The summed E-state index contributed by atoms with van der Waals surface area (Å²) < 4.78 is 0. The van der Waals surface area contributed by atoms with Gasteiger partial charge in [-0.25, -0.2) is 0 Å². The summed E-state index contributed by atoms with van der Waals surface area (Å²) in [5.41, 5.74) is 0.670. The van der Waals surface area contributed by atoms with Crippen molar-refractivity contribution in [1.82, 2.24) is 4.90 Å². The van der Waals surface area contributed by atoms with Gasteiger partial charge in [0.15, 0.2) is 0 Å².